The van der Waals surface area contributed by atoms with Crippen LogP contribution in [-0.2, 0) is 0 Å². The molecule has 0 spiro atoms. The highest BCUT2D eigenvalue weighted by Crippen LogP contribution is 2.26. The molecule has 0 aliphatic rings. The second kappa shape index (κ2) is 12.4. The SMILES string of the molecule is C=CC(CC)(CCCCCCCCCCCC)N(C)C. The quantitative estimate of drug-likeness (QED) is 0.271. The number of unbranched alkanes of at least 4 members (excludes halogenated alkanes) is 9. The molecule has 0 heterocycles. The fourth-order valence-corrected chi connectivity index (χ4v) is 3.06. The van der Waals surface area contributed by atoms with Crippen molar-refractivity contribution in [3.63, 3.8) is 0 Å². The lowest BCUT2D eigenvalue weighted by Gasteiger charge is -2.36. The molecule has 0 aliphatic heterocycles. The molecule has 20 heavy (non-hydrogen) atoms. The van der Waals surface area contributed by atoms with E-state index >= 15 is 0 Å². The normalized spacial score (nSPS) is 14.4. The fraction of sp³-hybridized carbons (Fsp3) is 0.895. The molecule has 120 valence electrons. The van der Waals surface area contributed by atoms with Crippen LogP contribution in [0.3, 0.4) is 0 Å². The Morgan fingerprint density at radius 1 is 0.800 bits per heavy atom. The average molecular weight is 282 g/mol. The Kier molecular flexibility index (Phi) is 12.3. The van der Waals surface area contributed by atoms with Gasteiger partial charge in [0, 0.05) is 5.54 Å². The summed E-state index contributed by atoms with van der Waals surface area (Å²) < 4.78 is 0. The second-order valence-corrected chi connectivity index (χ2v) is 6.49. The Labute approximate surface area is 128 Å². The van der Waals surface area contributed by atoms with Gasteiger partial charge in [0.25, 0.3) is 0 Å². The van der Waals surface area contributed by atoms with Crippen molar-refractivity contribution in [2.45, 2.75) is 96.4 Å². The van der Waals surface area contributed by atoms with Gasteiger partial charge < -0.3 is 4.90 Å². The van der Waals surface area contributed by atoms with Gasteiger partial charge in [0.15, 0.2) is 0 Å². The van der Waals surface area contributed by atoms with Crippen LogP contribution in [0.5, 0.6) is 0 Å². The summed E-state index contributed by atoms with van der Waals surface area (Å²) in [6, 6.07) is 0. The third kappa shape index (κ3) is 8.09. The molecule has 0 saturated carbocycles. The molecular formula is C19H39N. The zero-order valence-electron chi connectivity index (χ0n) is 14.7. The van der Waals surface area contributed by atoms with Crippen LogP contribution in [0, 0.1) is 0 Å². The Morgan fingerprint density at radius 2 is 1.25 bits per heavy atom. The maximum atomic E-state index is 4.05. The molecule has 0 aromatic rings. The molecule has 0 radical (unpaired) electrons. The van der Waals surface area contributed by atoms with Gasteiger partial charge in [-0.2, -0.15) is 0 Å². The molecule has 0 aromatic heterocycles. The Morgan fingerprint density at radius 3 is 1.60 bits per heavy atom. The van der Waals surface area contributed by atoms with Crippen LogP contribution in [0.4, 0.5) is 0 Å². The van der Waals surface area contributed by atoms with E-state index < -0.39 is 0 Å². The lowest BCUT2D eigenvalue weighted by molar-refractivity contribution is 0.182. The first-order valence-corrected chi connectivity index (χ1v) is 8.94. The molecule has 1 heteroatoms. The predicted octanol–water partition coefficient (Wildman–Crippen LogP) is 6.19. The molecule has 1 unspecified atom stereocenters. The Hall–Kier alpha value is -0.300. The van der Waals surface area contributed by atoms with E-state index in [-0.39, 0.29) is 5.54 Å². The number of likely N-dealkylation sites (N-methyl/N-ethyl adjacent to an activating group) is 1. The first kappa shape index (κ1) is 19.7. The Bertz CT molecular complexity index is 222. The molecule has 0 rings (SSSR count). The van der Waals surface area contributed by atoms with Crippen molar-refractivity contribution in [1.82, 2.24) is 4.90 Å². The van der Waals surface area contributed by atoms with E-state index in [0.29, 0.717) is 0 Å². The molecule has 0 aromatic carbocycles. The summed E-state index contributed by atoms with van der Waals surface area (Å²) in [6.45, 7) is 8.61. The van der Waals surface area contributed by atoms with Gasteiger partial charge in [-0.25, -0.2) is 0 Å². The summed E-state index contributed by atoms with van der Waals surface area (Å²) in [5.41, 5.74) is 0.222. The Balaban J connectivity index is 3.53. The summed E-state index contributed by atoms with van der Waals surface area (Å²) >= 11 is 0. The largest absolute Gasteiger partial charge is 0.300 e. The minimum atomic E-state index is 0.222. The van der Waals surface area contributed by atoms with E-state index in [0.717, 1.165) is 0 Å². The highest BCUT2D eigenvalue weighted by atomic mass is 15.1. The van der Waals surface area contributed by atoms with Crippen molar-refractivity contribution < 1.29 is 0 Å². The van der Waals surface area contributed by atoms with Crippen LogP contribution in [0.15, 0.2) is 12.7 Å². The van der Waals surface area contributed by atoms with Crippen LogP contribution in [0.25, 0.3) is 0 Å². The van der Waals surface area contributed by atoms with Crippen molar-refractivity contribution in [3.05, 3.63) is 12.7 Å². The molecule has 0 fully saturated rings. The minimum Gasteiger partial charge on any atom is -0.300 e. The van der Waals surface area contributed by atoms with Crippen LogP contribution in [0.1, 0.15) is 90.9 Å². The molecule has 0 amide bonds. The van der Waals surface area contributed by atoms with Crippen LogP contribution in [0.2, 0.25) is 0 Å². The van der Waals surface area contributed by atoms with Crippen LogP contribution in [-0.4, -0.2) is 24.5 Å². The van der Waals surface area contributed by atoms with E-state index in [9.17, 15) is 0 Å². The van der Waals surface area contributed by atoms with Gasteiger partial charge in [-0.1, -0.05) is 84.1 Å². The molecule has 0 saturated heterocycles. The smallest absolute Gasteiger partial charge is 0.0380 e. The van der Waals surface area contributed by atoms with Crippen LogP contribution < -0.4 is 0 Å². The maximum absolute atomic E-state index is 4.05. The van der Waals surface area contributed by atoms with E-state index in [4.69, 9.17) is 0 Å². The van der Waals surface area contributed by atoms with E-state index in [2.05, 4.69) is 45.5 Å². The van der Waals surface area contributed by atoms with Gasteiger partial charge in [0.2, 0.25) is 0 Å². The van der Waals surface area contributed by atoms with Crippen molar-refractivity contribution in [1.29, 1.82) is 0 Å². The number of hydrogen-bond donors (Lipinski definition) is 0. The van der Waals surface area contributed by atoms with Crippen LogP contribution >= 0.6 is 0 Å². The third-order valence-corrected chi connectivity index (χ3v) is 4.85. The van der Waals surface area contributed by atoms with Gasteiger partial charge in [-0.3, -0.25) is 0 Å². The summed E-state index contributed by atoms with van der Waals surface area (Å²) in [4.78, 5) is 2.34. The topological polar surface area (TPSA) is 3.24 Å². The summed E-state index contributed by atoms with van der Waals surface area (Å²) in [5, 5.41) is 0. The predicted molar refractivity (Wildman–Crippen MR) is 93.4 cm³/mol. The zero-order chi connectivity index (χ0) is 15.3. The lowest BCUT2D eigenvalue weighted by atomic mass is 9.88. The minimum absolute atomic E-state index is 0.222. The van der Waals surface area contributed by atoms with E-state index in [1.54, 1.807) is 0 Å². The van der Waals surface area contributed by atoms with Gasteiger partial charge in [0.05, 0.1) is 0 Å². The van der Waals surface area contributed by atoms with Crippen molar-refractivity contribution in [2.75, 3.05) is 14.1 Å². The first-order valence-electron chi connectivity index (χ1n) is 8.94. The fourth-order valence-electron chi connectivity index (χ4n) is 3.06. The highest BCUT2D eigenvalue weighted by molar-refractivity contribution is 5.01. The van der Waals surface area contributed by atoms with E-state index in [1.165, 1.54) is 77.0 Å². The number of rotatable bonds is 14. The highest BCUT2D eigenvalue weighted by Gasteiger charge is 2.25. The lowest BCUT2D eigenvalue weighted by Crippen LogP contribution is -2.41. The number of nitrogens with zero attached hydrogens (tertiary/aromatic N) is 1. The van der Waals surface area contributed by atoms with Crippen molar-refractivity contribution in [3.8, 4) is 0 Å². The molecule has 0 bridgehead atoms. The molecule has 0 aliphatic carbocycles. The van der Waals surface area contributed by atoms with Crippen molar-refractivity contribution >= 4 is 0 Å². The summed E-state index contributed by atoms with van der Waals surface area (Å²) in [6.07, 6.45) is 18.7. The monoisotopic (exact) mass is 281 g/mol. The maximum Gasteiger partial charge on any atom is 0.0380 e. The average Bonchev–Trinajstić information content (AvgIpc) is 2.45. The van der Waals surface area contributed by atoms with Crippen molar-refractivity contribution in [2.24, 2.45) is 0 Å². The van der Waals surface area contributed by atoms with Gasteiger partial charge in [-0.05, 0) is 26.9 Å². The number of hydrogen-bond acceptors (Lipinski definition) is 1. The van der Waals surface area contributed by atoms with Gasteiger partial charge in [-0.15, -0.1) is 6.58 Å². The van der Waals surface area contributed by atoms with Gasteiger partial charge >= 0.3 is 0 Å². The molecular weight excluding hydrogens is 242 g/mol. The second-order valence-electron chi connectivity index (χ2n) is 6.49. The van der Waals surface area contributed by atoms with E-state index in [1.807, 2.05) is 0 Å². The third-order valence-electron chi connectivity index (χ3n) is 4.85. The summed E-state index contributed by atoms with van der Waals surface area (Å²) in [7, 11) is 4.36. The molecule has 1 atom stereocenters. The standard InChI is InChI=1S/C19H39N/c1-6-9-10-11-12-13-14-15-16-17-18-19(7-2,8-3)20(4)5/h7H,2,6,8-18H2,1,3-5H3. The zero-order valence-corrected chi connectivity index (χ0v) is 14.7. The first-order chi connectivity index (χ1) is 9.63. The summed E-state index contributed by atoms with van der Waals surface area (Å²) in [5.74, 6) is 0. The van der Waals surface area contributed by atoms with Gasteiger partial charge in [0.1, 0.15) is 0 Å². The molecule has 0 N–H and O–H groups in total. The molecule has 1 nitrogen and oxygen atoms in total.